The van der Waals surface area contributed by atoms with Crippen LogP contribution in [-0.2, 0) is 26.2 Å². The molecule has 2 amide bonds. The smallest absolute Gasteiger partial charge is 0.264 e. The van der Waals surface area contributed by atoms with Gasteiger partial charge in [-0.2, -0.15) is 0 Å². The van der Waals surface area contributed by atoms with Crippen molar-refractivity contribution in [2.75, 3.05) is 10.8 Å². The van der Waals surface area contributed by atoms with Crippen LogP contribution < -0.4 is 9.62 Å². The normalized spacial score (nSPS) is 12.8. The Balaban J connectivity index is 2.07. The van der Waals surface area contributed by atoms with Crippen molar-refractivity contribution in [3.8, 4) is 0 Å². The lowest BCUT2D eigenvalue weighted by Crippen LogP contribution is -2.53. The molecule has 0 bridgehead atoms. The standard InChI is InChI=1S/C30H35Cl2N3O4S/c1-5-22(4)33-30(37)28(6-2)34(19-25-26(31)13-10-14-27(25)32)29(36)20-35(23-11-8-7-9-12-23)40(38,39)24-17-15-21(3)16-18-24/h7-18,22,28H,5-6,19-20H2,1-4H3,(H,33,37)/t22-,28+/m0/s1. The molecule has 0 spiro atoms. The largest absolute Gasteiger partial charge is 0.352 e. The number of hydrogen-bond acceptors (Lipinski definition) is 4. The average Bonchev–Trinajstić information content (AvgIpc) is 2.93. The average molecular weight is 605 g/mol. The van der Waals surface area contributed by atoms with Gasteiger partial charge < -0.3 is 10.2 Å². The monoisotopic (exact) mass is 603 g/mol. The maximum absolute atomic E-state index is 14.1. The number of aryl methyl sites for hydroxylation is 1. The van der Waals surface area contributed by atoms with Crippen LogP contribution in [0.1, 0.15) is 44.7 Å². The molecular formula is C30H35Cl2N3O4S. The number of benzene rings is 3. The van der Waals surface area contributed by atoms with Gasteiger partial charge >= 0.3 is 0 Å². The quantitative estimate of drug-likeness (QED) is 0.266. The van der Waals surface area contributed by atoms with Crippen molar-refractivity contribution in [2.45, 2.75) is 64.1 Å². The topological polar surface area (TPSA) is 86.8 Å². The van der Waals surface area contributed by atoms with Crippen LogP contribution in [0.2, 0.25) is 10.0 Å². The molecule has 3 aromatic carbocycles. The Bertz CT molecular complexity index is 1400. The second kappa shape index (κ2) is 14.0. The van der Waals surface area contributed by atoms with E-state index in [1.807, 2.05) is 20.8 Å². The van der Waals surface area contributed by atoms with E-state index < -0.39 is 28.5 Å². The van der Waals surface area contributed by atoms with Crippen LogP contribution >= 0.6 is 23.2 Å². The summed E-state index contributed by atoms with van der Waals surface area (Å²) < 4.78 is 28.8. The molecule has 2 atom stereocenters. The van der Waals surface area contributed by atoms with Crippen molar-refractivity contribution in [1.82, 2.24) is 10.2 Å². The number of rotatable bonds is 12. The van der Waals surface area contributed by atoms with E-state index in [1.165, 1.54) is 17.0 Å². The molecule has 1 N–H and O–H groups in total. The second-order valence-corrected chi connectivity index (χ2v) is 12.3. The highest BCUT2D eigenvalue weighted by atomic mass is 35.5. The van der Waals surface area contributed by atoms with Gasteiger partial charge in [0.25, 0.3) is 10.0 Å². The van der Waals surface area contributed by atoms with E-state index in [1.54, 1.807) is 67.6 Å². The number of halogens is 2. The number of para-hydroxylation sites is 1. The fourth-order valence-electron chi connectivity index (χ4n) is 4.17. The molecule has 0 radical (unpaired) electrons. The number of anilines is 1. The lowest BCUT2D eigenvalue weighted by atomic mass is 10.1. The minimum atomic E-state index is -4.13. The van der Waals surface area contributed by atoms with E-state index in [0.29, 0.717) is 34.1 Å². The molecule has 0 unspecified atom stereocenters. The Morgan fingerprint density at radius 1 is 0.875 bits per heavy atom. The highest BCUT2D eigenvalue weighted by Gasteiger charge is 2.34. The van der Waals surface area contributed by atoms with Gasteiger partial charge in [0.2, 0.25) is 11.8 Å². The van der Waals surface area contributed by atoms with Crippen LogP contribution in [0.25, 0.3) is 0 Å². The Kier molecular flexibility index (Phi) is 11.0. The van der Waals surface area contributed by atoms with Crippen molar-refractivity contribution in [3.63, 3.8) is 0 Å². The number of amides is 2. The molecule has 7 nitrogen and oxygen atoms in total. The highest BCUT2D eigenvalue weighted by Crippen LogP contribution is 2.29. The van der Waals surface area contributed by atoms with Gasteiger partial charge in [-0.25, -0.2) is 8.42 Å². The third kappa shape index (κ3) is 7.56. The number of hydrogen-bond donors (Lipinski definition) is 1. The maximum Gasteiger partial charge on any atom is 0.264 e. The number of nitrogens with zero attached hydrogens (tertiary/aromatic N) is 2. The summed E-state index contributed by atoms with van der Waals surface area (Å²) in [5.74, 6) is -0.900. The molecule has 0 aliphatic rings. The van der Waals surface area contributed by atoms with E-state index in [2.05, 4.69) is 5.32 Å². The van der Waals surface area contributed by atoms with Gasteiger partial charge in [0.15, 0.2) is 0 Å². The zero-order valence-corrected chi connectivity index (χ0v) is 25.4. The first-order chi connectivity index (χ1) is 19.0. The molecule has 3 aromatic rings. The van der Waals surface area contributed by atoms with Crippen LogP contribution in [0.4, 0.5) is 5.69 Å². The van der Waals surface area contributed by atoms with Gasteiger partial charge in [0.05, 0.1) is 10.6 Å². The summed E-state index contributed by atoms with van der Waals surface area (Å²) in [6.45, 7) is 6.89. The third-order valence-electron chi connectivity index (χ3n) is 6.71. The summed E-state index contributed by atoms with van der Waals surface area (Å²) >= 11 is 12.9. The van der Waals surface area contributed by atoms with Gasteiger partial charge in [0, 0.05) is 28.2 Å². The molecule has 0 aliphatic heterocycles. The maximum atomic E-state index is 14.1. The van der Waals surface area contributed by atoms with Gasteiger partial charge in [-0.1, -0.05) is 79.0 Å². The summed E-state index contributed by atoms with van der Waals surface area (Å²) in [7, 11) is -4.13. The molecule has 214 valence electrons. The number of sulfonamides is 1. The van der Waals surface area contributed by atoms with E-state index in [4.69, 9.17) is 23.2 Å². The summed E-state index contributed by atoms with van der Waals surface area (Å²) in [6, 6.07) is 18.9. The highest BCUT2D eigenvalue weighted by molar-refractivity contribution is 7.92. The van der Waals surface area contributed by atoms with Crippen molar-refractivity contribution in [2.24, 2.45) is 0 Å². The van der Waals surface area contributed by atoms with Crippen LogP contribution in [0, 0.1) is 6.92 Å². The molecular weight excluding hydrogens is 569 g/mol. The van der Waals surface area contributed by atoms with Gasteiger partial charge in [-0.3, -0.25) is 13.9 Å². The summed E-state index contributed by atoms with van der Waals surface area (Å²) in [4.78, 5) is 28.9. The Morgan fingerprint density at radius 2 is 1.48 bits per heavy atom. The molecule has 0 fully saturated rings. The molecule has 0 saturated carbocycles. The number of nitrogens with one attached hydrogen (secondary N) is 1. The predicted octanol–water partition coefficient (Wildman–Crippen LogP) is 6.22. The van der Waals surface area contributed by atoms with Crippen LogP contribution in [0.5, 0.6) is 0 Å². The second-order valence-electron chi connectivity index (χ2n) is 9.62. The molecule has 0 saturated heterocycles. The van der Waals surface area contributed by atoms with Crippen molar-refractivity contribution in [3.05, 3.63) is 94.0 Å². The van der Waals surface area contributed by atoms with Gasteiger partial charge in [-0.15, -0.1) is 0 Å². The lowest BCUT2D eigenvalue weighted by Gasteiger charge is -2.34. The Morgan fingerprint density at radius 3 is 2.02 bits per heavy atom. The summed E-state index contributed by atoms with van der Waals surface area (Å²) in [6.07, 6.45) is 1.01. The van der Waals surface area contributed by atoms with Crippen molar-refractivity contribution >= 4 is 50.7 Å². The van der Waals surface area contributed by atoms with Gasteiger partial charge in [-0.05, 0) is 63.1 Å². The summed E-state index contributed by atoms with van der Waals surface area (Å²) in [5.41, 5.74) is 1.70. The fourth-order valence-corrected chi connectivity index (χ4v) is 6.11. The fraction of sp³-hybridized carbons (Fsp3) is 0.333. The van der Waals surface area contributed by atoms with Crippen LogP contribution in [0.15, 0.2) is 77.7 Å². The predicted molar refractivity (Wildman–Crippen MR) is 161 cm³/mol. The minimum absolute atomic E-state index is 0.0528. The van der Waals surface area contributed by atoms with E-state index >= 15 is 0 Å². The molecule has 10 heteroatoms. The van der Waals surface area contributed by atoms with E-state index in [0.717, 1.165) is 9.87 Å². The van der Waals surface area contributed by atoms with Gasteiger partial charge in [0.1, 0.15) is 12.6 Å². The van der Waals surface area contributed by atoms with Crippen molar-refractivity contribution in [1.29, 1.82) is 0 Å². The first kappa shape index (κ1) is 31.5. The molecule has 0 aliphatic carbocycles. The minimum Gasteiger partial charge on any atom is -0.352 e. The zero-order valence-electron chi connectivity index (χ0n) is 23.1. The van der Waals surface area contributed by atoms with E-state index in [-0.39, 0.29) is 23.4 Å². The number of carbonyl (C=O) groups is 2. The third-order valence-corrected chi connectivity index (χ3v) is 9.21. The lowest BCUT2D eigenvalue weighted by molar-refractivity contribution is -0.140. The SMILES string of the molecule is CC[C@H](C(=O)N[C@@H](C)CC)N(Cc1c(Cl)cccc1Cl)C(=O)CN(c1ccccc1)S(=O)(=O)c1ccc(C)cc1. The Labute approximate surface area is 247 Å². The summed E-state index contributed by atoms with van der Waals surface area (Å²) in [5, 5.41) is 3.63. The first-order valence-corrected chi connectivity index (χ1v) is 15.4. The van der Waals surface area contributed by atoms with Crippen molar-refractivity contribution < 1.29 is 18.0 Å². The first-order valence-electron chi connectivity index (χ1n) is 13.2. The Hall–Kier alpha value is -3.07. The molecule has 0 heterocycles. The van der Waals surface area contributed by atoms with E-state index in [9.17, 15) is 18.0 Å². The zero-order chi connectivity index (χ0) is 29.4. The van der Waals surface area contributed by atoms with Crippen LogP contribution in [-0.4, -0.2) is 43.8 Å². The molecule has 40 heavy (non-hydrogen) atoms. The molecule has 0 aromatic heterocycles. The van der Waals surface area contributed by atoms with Crippen LogP contribution in [0.3, 0.4) is 0 Å². The number of carbonyl (C=O) groups excluding carboxylic acids is 2. The molecule has 3 rings (SSSR count).